The lowest BCUT2D eigenvalue weighted by molar-refractivity contribution is 0.419. The second-order valence-electron chi connectivity index (χ2n) is 3.37. The summed E-state index contributed by atoms with van der Waals surface area (Å²) < 4.78 is 10.2. The van der Waals surface area contributed by atoms with Crippen molar-refractivity contribution in [1.29, 1.82) is 0 Å². The van der Waals surface area contributed by atoms with Gasteiger partial charge in [-0.25, -0.2) is 0 Å². The maximum absolute atomic E-state index is 5.19. The fourth-order valence-corrected chi connectivity index (χ4v) is 1.33. The molecule has 0 spiro atoms. The van der Waals surface area contributed by atoms with E-state index in [1.54, 1.807) is 12.5 Å². The average molecular weight is 206 g/mol. The fraction of sp³-hybridized carbons (Fsp3) is 0.364. The molecule has 1 N–H and O–H groups in total. The van der Waals surface area contributed by atoms with E-state index < -0.39 is 0 Å². The zero-order valence-electron chi connectivity index (χ0n) is 8.69. The van der Waals surface area contributed by atoms with Crippen LogP contribution >= 0.6 is 0 Å². The summed E-state index contributed by atoms with van der Waals surface area (Å²) in [6, 6.07) is 3.78. The fourth-order valence-electron chi connectivity index (χ4n) is 1.33. The Labute approximate surface area is 88.3 Å². The van der Waals surface area contributed by atoms with Crippen molar-refractivity contribution < 1.29 is 8.94 Å². The minimum atomic E-state index is 0.745. The number of hydrogen-bond acceptors (Lipinski definition) is 4. The summed E-state index contributed by atoms with van der Waals surface area (Å²) in [6.45, 7) is 3.87. The van der Waals surface area contributed by atoms with Crippen molar-refractivity contribution in [1.82, 2.24) is 10.5 Å². The molecule has 4 heteroatoms. The standard InChI is InChI=1S/C11H14N2O2/c1-2-4-12-7-10-6-11(15-13-10)9-3-5-14-8-9/h3,5-6,8,12H,2,4,7H2,1H3. The van der Waals surface area contributed by atoms with E-state index in [1.807, 2.05) is 12.1 Å². The minimum absolute atomic E-state index is 0.745. The van der Waals surface area contributed by atoms with Crippen molar-refractivity contribution in [3.63, 3.8) is 0 Å². The molecule has 0 radical (unpaired) electrons. The number of furan rings is 1. The van der Waals surface area contributed by atoms with Crippen LogP contribution in [-0.2, 0) is 6.54 Å². The Kier molecular flexibility index (Phi) is 3.19. The summed E-state index contributed by atoms with van der Waals surface area (Å²) in [5.41, 5.74) is 1.84. The van der Waals surface area contributed by atoms with Gasteiger partial charge in [0.05, 0.1) is 17.5 Å². The monoisotopic (exact) mass is 206 g/mol. The molecule has 0 saturated carbocycles. The van der Waals surface area contributed by atoms with E-state index in [-0.39, 0.29) is 0 Å². The van der Waals surface area contributed by atoms with Gasteiger partial charge in [0.1, 0.15) is 6.26 Å². The molecule has 0 amide bonds. The van der Waals surface area contributed by atoms with Crippen molar-refractivity contribution in [3.8, 4) is 11.3 Å². The van der Waals surface area contributed by atoms with Crippen LogP contribution in [0.1, 0.15) is 19.0 Å². The van der Waals surface area contributed by atoms with Gasteiger partial charge in [-0.05, 0) is 19.0 Å². The van der Waals surface area contributed by atoms with Crippen LogP contribution in [0.4, 0.5) is 0 Å². The van der Waals surface area contributed by atoms with Crippen LogP contribution in [-0.4, -0.2) is 11.7 Å². The number of nitrogens with one attached hydrogen (secondary N) is 1. The maximum Gasteiger partial charge on any atom is 0.170 e. The predicted molar refractivity (Wildman–Crippen MR) is 56.2 cm³/mol. The average Bonchev–Trinajstić information content (AvgIpc) is 2.87. The van der Waals surface area contributed by atoms with E-state index in [0.29, 0.717) is 0 Å². The topological polar surface area (TPSA) is 51.2 Å². The highest BCUT2D eigenvalue weighted by Crippen LogP contribution is 2.20. The predicted octanol–water partition coefficient (Wildman–Crippen LogP) is 2.43. The molecule has 80 valence electrons. The Balaban J connectivity index is 1.98. The second kappa shape index (κ2) is 4.79. The first-order valence-corrected chi connectivity index (χ1v) is 5.09. The summed E-state index contributed by atoms with van der Waals surface area (Å²) >= 11 is 0. The third-order valence-corrected chi connectivity index (χ3v) is 2.10. The molecule has 0 fully saturated rings. The summed E-state index contributed by atoms with van der Waals surface area (Å²) in [4.78, 5) is 0. The Bertz CT molecular complexity index is 392. The number of rotatable bonds is 5. The second-order valence-corrected chi connectivity index (χ2v) is 3.37. The molecule has 4 nitrogen and oxygen atoms in total. The molecule has 0 saturated heterocycles. The normalized spacial score (nSPS) is 10.7. The van der Waals surface area contributed by atoms with Crippen LogP contribution in [0.3, 0.4) is 0 Å². The van der Waals surface area contributed by atoms with Gasteiger partial charge >= 0.3 is 0 Å². The smallest absolute Gasteiger partial charge is 0.170 e. The summed E-state index contributed by atoms with van der Waals surface area (Å²) in [6.07, 6.45) is 4.38. The van der Waals surface area contributed by atoms with Crippen LogP contribution in [0.15, 0.2) is 33.6 Å². The zero-order chi connectivity index (χ0) is 10.5. The molecule has 0 aliphatic carbocycles. The van der Waals surface area contributed by atoms with Crippen molar-refractivity contribution in [2.24, 2.45) is 0 Å². The van der Waals surface area contributed by atoms with Gasteiger partial charge in [0.15, 0.2) is 5.76 Å². The number of nitrogens with zero attached hydrogens (tertiary/aromatic N) is 1. The van der Waals surface area contributed by atoms with Crippen molar-refractivity contribution in [3.05, 3.63) is 30.4 Å². The molecule has 2 aromatic heterocycles. The summed E-state index contributed by atoms with van der Waals surface area (Å²) in [5.74, 6) is 0.747. The highest BCUT2D eigenvalue weighted by Gasteiger charge is 2.06. The largest absolute Gasteiger partial charge is 0.472 e. The van der Waals surface area contributed by atoms with Crippen LogP contribution < -0.4 is 5.32 Å². The summed E-state index contributed by atoms with van der Waals surface area (Å²) in [7, 11) is 0. The molecule has 0 unspecified atom stereocenters. The molecule has 0 aromatic carbocycles. The van der Waals surface area contributed by atoms with E-state index in [0.717, 1.165) is 36.5 Å². The van der Waals surface area contributed by atoms with Crippen LogP contribution in [0.2, 0.25) is 0 Å². The van der Waals surface area contributed by atoms with E-state index >= 15 is 0 Å². The number of aromatic nitrogens is 1. The van der Waals surface area contributed by atoms with E-state index in [2.05, 4.69) is 17.4 Å². The molecular weight excluding hydrogens is 192 g/mol. The van der Waals surface area contributed by atoms with E-state index in [1.165, 1.54) is 0 Å². The molecule has 15 heavy (non-hydrogen) atoms. The molecule has 2 aromatic rings. The van der Waals surface area contributed by atoms with E-state index in [9.17, 15) is 0 Å². The first-order valence-electron chi connectivity index (χ1n) is 5.09. The molecule has 2 rings (SSSR count). The molecule has 0 aliphatic heterocycles. The molecule has 0 atom stereocenters. The first kappa shape index (κ1) is 9.98. The Hall–Kier alpha value is -1.55. The van der Waals surface area contributed by atoms with Gasteiger partial charge in [-0.2, -0.15) is 0 Å². The van der Waals surface area contributed by atoms with Gasteiger partial charge < -0.3 is 14.3 Å². The quantitative estimate of drug-likeness (QED) is 0.763. The van der Waals surface area contributed by atoms with Gasteiger partial charge in [-0.3, -0.25) is 0 Å². The SMILES string of the molecule is CCCNCc1cc(-c2ccoc2)on1. The third kappa shape index (κ3) is 2.47. The van der Waals surface area contributed by atoms with Gasteiger partial charge in [0.25, 0.3) is 0 Å². The molecule has 0 bridgehead atoms. The van der Waals surface area contributed by atoms with Crippen molar-refractivity contribution >= 4 is 0 Å². The zero-order valence-corrected chi connectivity index (χ0v) is 8.69. The lowest BCUT2D eigenvalue weighted by Gasteiger charge is -1.96. The number of hydrogen-bond donors (Lipinski definition) is 1. The Morgan fingerprint density at radius 2 is 2.40 bits per heavy atom. The van der Waals surface area contributed by atoms with Crippen molar-refractivity contribution in [2.75, 3.05) is 6.54 Å². The lowest BCUT2D eigenvalue weighted by atomic mass is 10.2. The first-order chi connectivity index (χ1) is 7.40. The molecular formula is C11H14N2O2. The van der Waals surface area contributed by atoms with E-state index in [4.69, 9.17) is 8.94 Å². The third-order valence-electron chi connectivity index (χ3n) is 2.10. The van der Waals surface area contributed by atoms with Crippen LogP contribution in [0.5, 0.6) is 0 Å². The molecule has 0 aliphatic rings. The van der Waals surface area contributed by atoms with Gasteiger partial charge in [0, 0.05) is 12.6 Å². The Morgan fingerprint density at radius 1 is 1.47 bits per heavy atom. The van der Waals surface area contributed by atoms with Crippen molar-refractivity contribution in [2.45, 2.75) is 19.9 Å². The lowest BCUT2D eigenvalue weighted by Crippen LogP contribution is -2.13. The van der Waals surface area contributed by atoms with Gasteiger partial charge in [-0.15, -0.1) is 0 Å². The maximum atomic E-state index is 5.19. The molecule has 2 heterocycles. The van der Waals surface area contributed by atoms with Crippen LogP contribution in [0, 0.1) is 0 Å². The highest BCUT2D eigenvalue weighted by atomic mass is 16.5. The van der Waals surface area contributed by atoms with Gasteiger partial charge in [-0.1, -0.05) is 12.1 Å². The Morgan fingerprint density at radius 3 is 3.13 bits per heavy atom. The highest BCUT2D eigenvalue weighted by molar-refractivity contribution is 5.55. The van der Waals surface area contributed by atoms with Gasteiger partial charge in [0.2, 0.25) is 0 Å². The van der Waals surface area contributed by atoms with Crippen LogP contribution in [0.25, 0.3) is 11.3 Å². The summed E-state index contributed by atoms with van der Waals surface area (Å²) in [5, 5.41) is 7.23. The minimum Gasteiger partial charge on any atom is -0.472 e.